The molecule has 1 aliphatic rings. The molecule has 0 amide bonds. The van der Waals surface area contributed by atoms with E-state index in [0.717, 1.165) is 12.8 Å². The Labute approximate surface area is 135 Å². The summed E-state index contributed by atoms with van der Waals surface area (Å²) in [5.41, 5.74) is 0. The zero-order chi connectivity index (χ0) is 16.7. The first-order chi connectivity index (χ1) is 10.4. The maximum atomic E-state index is 12.0. The van der Waals surface area contributed by atoms with Crippen LogP contribution in [0.5, 0.6) is 0 Å². The van der Waals surface area contributed by atoms with E-state index in [-0.39, 0.29) is 18.0 Å². The van der Waals surface area contributed by atoms with Crippen LogP contribution >= 0.6 is 0 Å². The van der Waals surface area contributed by atoms with Gasteiger partial charge in [0.05, 0.1) is 19.1 Å². The van der Waals surface area contributed by atoms with Gasteiger partial charge in [-0.25, -0.2) is 0 Å². The largest absolute Gasteiger partial charge is 0.435 e. The minimum absolute atomic E-state index is 0.172. The van der Waals surface area contributed by atoms with Crippen molar-refractivity contribution < 1.29 is 19.0 Å². The van der Waals surface area contributed by atoms with Crippen LogP contribution in [0.25, 0.3) is 0 Å². The maximum absolute atomic E-state index is 12.0. The zero-order valence-electron chi connectivity index (χ0n) is 15.1. The van der Waals surface area contributed by atoms with Gasteiger partial charge in [0.25, 0.3) is 0 Å². The van der Waals surface area contributed by atoms with Crippen LogP contribution in [0.2, 0.25) is 0 Å². The molecular weight excluding hydrogens is 280 g/mol. The van der Waals surface area contributed by atoms with Gasteiger partial charge in [-0.3, -0.25) is 4.79 Å². The minimum atomic E-state index is -0.417. The molecular formula is C18H34O4. The zero-order valence-corrected chi connectivity index (χ0v) is 15.1. The van der Waals surface area contributed by atoms with Crippen molar-refractivity contribution in [3.05, 3.63) is 0 Å². The second-order valence-electron chi connectivity index (χ2n) is 7.06. The first kappa shape index (κ1) is 19.4. The highest BCUT2D eigenvalue weighted by atomic mass is 16.7. The molecule has 4 nitrogen and oxygen atoms in total. The second kappa shape index (κ2) is 9.51. The van der Waals surface area contributed by atoms with Gasteiger partial charge in [0.2, 0.25) is 6.29 Å². The van der Waals surface area contributed by atoms with E-state index in [0.29, 0.717) is 37.4 Å². The lowest BCUT2D eigenvalue weighted by atomic mass is 9.78. The molecule has 0 spiro atoms. The van der Waals surface area contributed by atoms with Gasteiger partial charge in [-0.2, -0.15) is 0 Å². The Balaban J connectivity index is 2.33. The van der Waals surface area contributed by atoms with E-state index in [9.17, 15) is 4.79 Å². The van der Waals surface area contributed by atoms with Crippen LogP contribution in [0, 0.1) is 23.7 Å². The number of ether oxygens (including phenoxy) is 3. The highest BCUT2D eigenvalue weighted by Crippen LogP contribution is 2.36. The van der Waals surface area contributed by atoms with Crippen LogP contribution in [-0.4, -0.2) is 31.6 Å². The third-order valence-corrected chi connectivity index (χ3v) is 4.92. The molecule has 0 aliphatic carbocycles. The van der Waals surface area contributed by atoms with Crippen molar-refractivity contribution in [2.75, 3.05) is 13.2 Å². The predicted octanol–water partition coefficient (Wildman–Crippen LogP) is 4.03. The summed E-state index contributed by atoms with van der Waals surface area (Å²) in [6.07, 6.45) is 2.02. The average Bonchev–Trinajstić information content (AvgIpc) is 2.47. The lowest BCUT2D eigenvalue weighted by Gasteiger charge is -2.42. The van der Waals surface area contributed by atoms with Gasteiger partial charge in [0.1, 0.15) is 0 Å². The Hall–Kier alpha value is -0.610. The van der Waals surface area contributed by atoms with Gasteiger partial charge >= 0.3 is 5.97 Å². The average molecular weight is 314 g/mol. The third-order valence-electron chi connectivity index (χ3n) is 4.92. The molecule has 22 heavy (non-hydrogen) atoms. The number of esters is 1. The predicted molar refractivity (Wildman–Crippen MR) is 87.4 cm³/mol. The highest BCUT2D eigenvalue weighted by Gasteiger charge is 2.40. The number of carbonyl (C=O) groups excluding carboxylic acids is 1. The summed E-state index contributed by atoms with van der Waals surface area (Å²) in [6, 6.07) is 0. The van der Waals surface area contributed by atoms with Crippen molar-refractivity contribution in [3.63, 3.8) is 0 Å². The molecule has 0 aromatic carbocycles. The molecule has 1 rings (SSSR count). The Morgan fingerprint density at radius 3 is 2.36 bits per heavy atom. The monoisotopic (exact) mass is 314 g/mol. The molecule has 4 heteroatoms. The van der Waals surface area contributed by atoms with Crippen molar-refractivity contribution in [1.29, 1.82) is 0 Å². The fraction of sp³-hybridized carbons (Fsp3) is 0.944. The van der Waals surface area contributed by atoms with Crippen molar-refractivity contribution >= 4 is 5.97 Å². The summed E-state index contributed by atoms with van der Waals surface area (Å²) >= 11 is 0. The Morgan fingerprint density at radius 1 is 1.09 bits per heavy atom. The van der Waals surface area contributed by atoms with Crippen LogP contribution in [0.4, 0.5) is 0 Å². The van der Waals surface area contributed by atoms with E-state index >= 15 is 0 Å². The maximum Gasteiger partial charge on any atom is 0.310 e. The molecule has 1 fully saturated rings. The normalized spacial score (nSPS) is 32.2. The molecule has 3 unspecified atom stereocenters. The van der Waals surface area contributed by atoms with Crippen LogP contribution in [0.1, 0.15) is 60.8 Å². The molecule has 0 aromatic rings. The van der Waals surface area contributed by atoms with Gasteiger partial charge in [-0.05, 0) is 30.6 Å². The third kappa shape index (κ3) is 5.88. The van der Waals surface area contributed by atoms with E-state index < -0.39 is 6.29 Å². The summed E-state index contributed by atoms with van der Waals surface area (Å²) in [6.45, 7) is 14.1. The molecule has 0 bridgehead atoms. The second-order valence-corrected chi connectivity index (χ2v) is 7.06. The summed E-state index contributed by atoms with van der Waals surface area (Å²) in [4.78, 5) is 12.0. The number of rotatable bonds is 8. The Kier molecular flexibility index (Phi) is 8.40. The molecule has 0 aromatic heterocycles. The smallest absolute Gasteiger partial charge is 0.310 e. The first-order valence-electron chi connectivity index (χ1n) is 8.79. The van der Waals surface area contributed by atoms with Crippen LogP contribution in [-0.2, 0) is 19.0 Å². The topological polar surface area (TPSA) is 44.8 Å². The van der Waals surface area contributed by atoms with Crippen molar-refractivity contribution in [1.82, 2.24) is 0 Å². The fourth-order valence-corrected chi connectivity index (χ4v) is 2.85. The van der Waals surface area contributed by atoms with Gasteiger partial charge in [0, 0.05) is 12.5 Å². The lowest BCUT2D eigenvalue weighted by Crippen LogP contribution is -2.46. The molecule has 0 N–H and O–H groups in total. The van der Waals surface area contributed by atoms with Crippen LogP contribution in [0.15, 0.2) is 0 Å². The van der Waals surface area contributed by atoms with E-state index in [2.05, 4.69) is 41.5 Å². The molecule has 130 valence electrons. The summed E-state index contributed by atoms with van der Waals surface area (Å²) < 4.78 is 17.0. The fourth-order valence-electron chi connectivity index (χ4n) is 2.85. The van der Waals surface area contributed by atoms with E-state index in [1.165, 1.54) is 0 Å². The van der Waals surface area contributed by atoms with E-state index in [1.54, 1.807) is 0 Å². The summed E-state index contributed by atoms with van der Waals surface area (Å²) in [5, 5.41) is 0. The number of carbonyl (C=O) groups is 1. The summed E-state index contributed by atoms with van der Waals surface area (Å²) in [7, 11) is 0. The first-order valence-corrected chi connectivity index (χ1v) is 8.79. The van der Waals surface area contributed by atoms with Crippen molar-refractivity contribution in [3.8, 4) is 0 Å². The molecule has 1 heterocycles. The van der Waals surface area contributed by atoms with Gasteiger partial charge in [0.15, 0.2) is 0 Å². The molecule has 1 saturated heterocycles. The standard InChI is InChI=1S/C18H34O4/c1-7-16-14(5)13(4)15(6)18(21-16)22-17(19)9-11-20-10-8-12(2)3/h12-16,18H,7-11H2,1-6H3/t13?,14-,15-,16?,18?/m0/s1. The SMILES string of the molecule is CCC1OC(OC(=O)CCOCCC(C)C)[C@@H](C)C(C)[C@@H]1C. The lowest BCUT2D eigenvalue weighted by molar-refractivity contribution is -0.243. The Morgan fingerprint density at radius 2 is 1.77 bits per heavy atom. The molecule has 5 atom stereocenters. The van der Waals surface area contributed by atoms with Gasteiger partial charge < -0.3 is 14.2 Å². The highest BCUT2D eigenvalue weighted by molar-refractivity contribution is 5.69. The molecule has 0 radical (unpaired) electrons. The van der Waals surface area contributed by atoms with Gasteiger partial charge in [-0.15, -0.1) is 0 Å². The minimum Gasteiger partial charge on any atom is -0.435 e. The van der Waals surface area contributed by atoms with Crippen LogP contribution in [0.3, 0.4) is 0 Å². The van der Waals surface area contributed by atoms with E-state index in [4.69, 9.17) is 14.2 Å². The number of hydrogen-bond acceptors (Lipinski definition) is 4. The van der Waals surface area contributed by atoms with Crippen LogP contribution < -0.4 is 0 Å². The molecule has 0 saturated carbocycles. The van der Waals surface area contributed by atoms with Crippen molar-refractivity contribution in [2.45, 2.75) is 73.2 Å². The quantitative estimate of drug-likeness (QED) is 0.501. The number of hydrogen-bond donors (Lipinski definition) is 0. The van der Waals surface area contributed by atoms with Gasteiger partial charge in [-0.1, -0.05) is 41.5 Å². The molecule has 1 aliphatic heterocycles. The summed E-state index contributed by atoms with van der Waals surface area (Å²) in [5.74, 6) is 1.60. The Bertz CT molecular complexity index is 327. The van der Waals surface area contributed by atoms with Crippen molar-refractivity contribution in [2.24, 2.45) is 23.7 Å². The van der Waals surface area contributed by atoms with E-state index in [1.807, 2.05) is 0 Å².